The Morgan fingerprint density at radius 2 is 2.07 bits per heavy atom. The Morgan fingerprint density at radius 1 is 1.40 bits per heavy atom. The lowest BCUT2D eigenvalue weighted by atomic mass is 9.95. The molecular weight excluding hydrogens is 194 g/mol. The van der Waals surface area contributed by atoms with Crippen LogP contribution in [-0.4, -0.2) is 36.4 Å². The first kappa shape index (κ1) is 14.4. The third-order valence-electron chi connectivity index (χ3n) is 2.46. The standard InChI is InChI=1S/C11H23NO3/c1-4-12-11(3,10(13)14)8-6-7-9-15-5-2/h12H,4-9H2,1-3H3,(H,13,14). The summed E-state index contributed by atoms with van der Waals surface area (Å²) in [4.78, 5) is 11.0. The third-order valence-corrected chi connectivity index (χ3v) is 2.46. The molecule has 0 spiro atoms. The summed E-state index contributed by atoms with van der Waals surface area (Å²) >= 11 is 0. The normalized spacial score (nSPS) is 14.9. The van der Waals surface area contributed by atoms with E-state index in [0.29, 0.717) is 13.0 Å². The molecule has 0 heterocycles. The fraction of sp³-hybridized carbons (Fsp3) is 0.909. The summed E-state index contributed by atoms with van der Waals surface area (Å²) in [6.07, 6.45) is 2.43. The molecule has 0 saturated carbocycles. The molecule has 0 aliphatic heterocycles. The molecular formula is C11H23NO3. The van der Waals surface area contributed by atoms with E-state index in [2.05, 4.69) is 5.32 Å². The monoisotopic (exact) mass is 217 g/mol. The van der Waals surface area contributed by atoms with Crippen molar-refractivity contribution in [2.24, 2.45) is 0 Å². The second kappa shape index (κ2) is 7.65. The van der Waals surface area contributed by atoms with Crippen molar-refractivity contribution >= 4 is 5.97 Å². The average Bonchev–Trinajstić information content (AvgIpc) is 2.18. The molecule has 0 fully saturated rings. The number of carboxylic acids is 1. The van der Waals surface area contributed by atoms with Crippen molar-refractivity contribution in [3.8, 4) is 0 Å². The van der Waals surface area contributed by atoms with Crippen molar-refractivity contribution < 1.29 is 14.6 Å². The molecule has 0 aromatic rings. The maximum Gasteiger partial charge on any atom is 0.323 e. The van der Waals surface area contributed by atoms with Crippen LogP contribution in [0.5, 0.6) is 0 Å². The number of carboxylic acid groups (broad SMARTS) is 1. The molecule has 0 radical (unpaired) electrons. The number of aliphatic carboxylic acids is 1. The van der Waals surface area contributed by atoms with Gasteiger partial charge in [-0.1, -0.05) is 6.92 Å². The van der Waals surface area contributed by atoms with Crippen molar-refractivity contribution in [3.05, 3.63) is 0 Å². The van der Waals surface area contributed by atoms with E-state index < -0.39 is 11.5 Å². The molecule has 90 valence electrons. The Morgan fingerprint density at radius 3 is 2.53 bits per heavy atom. The van der Waals surface area contributed by atoms with Gasteiger partial charge in [0, 0.05) is 13.2 Å². The highest BCUT2D eigenvalue weighted by Crippen LogP contribution is 2.14. The summed E-state index contributed by atoms with van der Waals surface area (Å²) < 4.78 is 5.20. The maximum absolute atomic E-state index is 11.0. The molecule has 1 atom stereocenters. The second-order valence-corrected chi connectivity index (χ2v) is 3.82. The smallest absolute Gasteiger partial charge is 0.323 e. The summed E-state index contributed by atoms with van der Waals surface area (Å²) in [6, 6.07) is 0. The van der Waals surface area contributed by atoms with Crippen LogP contribution in [0.1, 0.15) is 40.0 Å². The van der Waals surface area contributed by atoms with Crippen LogP contribution in [0.15, 0.2) is 0 Å². The largest absolute Gasteiger partial charge is 0.480 e. The summed E-state index contributed by atoms with van der Waals surface area (Å²) in [5, 5.41) is 12.1. The van der Waals surface area contributed by atoms with E-state index in [0.717, 1.165) is 26.1 Å². The summed E-state index contributed by atoms with van der Waals surface area (Å²) in [7, 11) is 0. The molecule has 0 aromatic heterocycles. The number of ether oxygens (including phenoxy) is 1. The van der Waals surface area contributed by atoms with Crippen molar-refractivity contribution in [1.29, 1.82) is 0 Å². The van der Waals surface area contributed by atoms with Gasteiger partial charge in [0.05, 0.1) is 0 Å². The van der Waals surface area contributed by atoms with Gasteiger partial charge in [0.15, 0.2) is 0 Å². The molecule has 0 rings (SSSR count). The molecule has 0 saturated heterocycles. The van der Waals surface area contributed by atoms with Gasteiger partial charge in [-0.25, -0.2) is 0 Å². The van der Waals surface area contributed by atoms with Gasteiger partial charge in [0.2, 0.25) is 0 Å². The lowest BCUT2D eigenvalue weighted by Crippen LogP contribution is -2.49. The van der Waals surface area contributed by atoms with Gasteiger partial charge in [0.25, 0.3) is 0 Å². The minimum Gasteiger partial charge on any atom is -0.480 e. The Labute approximate surface area is 92.0 Å². The molecule has 4 nitrogen and oxygen atoms in total. The van der Waals surface area contributed by atoms with Gasteiger partial charge in [-0.15, -0.1) is 0 Å². The number of nitrogens with one attached hydrogen (secondary N) is 1. The molecule has 0 bridgehead atoms. The van der Waals surface area contributed by atoms with Crippen LogP contribution in [0.3, 0.4) is 0 Å². The highest BCUT2D eigenvalue weighted by atomic mass is 16.5. The first-order valence-corrected chi connectivity index (χ1v) is 5.63. The van der Waals surface area contributed by atoms with Gasteiger partial charge in [-0.2, -0.15) is 0 Å². The predicted molar refractivity (Wildman–Crippen MR) is 60.1 cm³/mol. The quantitative estimate of drug-likeness (QED) is 0.576. The molecule has 1 unspecified atom stereocenters. The number of unbranched alkanes of at least 4 members (excludes halogenated alkanes) is 1. The number of carbonyl (C=O) groups is 1. The Hall–Kier alpha value is -0.610. The van der Waals surface area contributed by atoms with Crippen molar-refractivity contribution in [3.63, 3.8) is 0 Å². The van der Waals surface area contributed by atoms with E-state index >= 15 is 0 Å². The van der Waals surface area contributed by atoms with Gasteiger partial charge < -0.3 is 15.2 Å². The minimum atomic E-state index is -0.791. The van der Waals surface area contributed by atoms with E-state index in [1.165, 1.54) is 0 Å². The molecule has 2 N–H and O–H groups in total. The first-order chi connectivity index (χ1) is 7.06. The fourth-order valence-electron chi connectivity index (χ4n) is 1.49. The number of likely N-dealkylation sites (N-methyl/N-ethyl adjacent to an activating group) is 1. The van der Waals surface area contributed by atoms with Crippen LogP contribution in [0.4, 0.5) is 0 Å². The summed E-state index contributed by atoms with van der Waals surface area (Å²) in [5.41, 5.74) is -0.791. The predicted octanol–water partition coefficient (Wildman–Crippen LogP) is 1.65. The maximum atomic E-state index is 11.0. The third kappa shape index (κ3) is 5.74. The Kier molecular flexibility index (Phi) is 7.34. The van der Waals surface area contributed by atoms with Crippen LogP contribution in [0.2, 0.25) is 0 Å². The Balaban J connectivity index is 3.81. The van der Waals surface area contributed by atoms with Crippen LogP contribution in [0, 0.1) is 0 Å². The zero-order valence-corrected chi connectivity index (χ0v) is 10.0. The van der Waals surface area contributed by atoms with Gasteiger partial charge in [-0.05, 0) is 39.7 Å². The van der Waals surface area contributed by atoms with Crippen molar-refractivity contribution in [1.82, 2.24) is 5.32 Å². The van der Waals surface area contributed by atoms with Crippen LogP contribution in [-0.2, 0) is 9.53 Å². The molecule has 0 aromatic carbocycles. The SMILES string of the molecule is CCNC(C)(CCCCOCC)C(=O)O. The average molecular weight is 217 g/mol. The molecule has 0 aliphatic carbocycles. The van der Waals surface area contributed by atoms with E-state index in [1.54, 1.807) is 6.92 Å². The fourth-order valence-corrected chi connectivity index (χ4v) is 1.49. The second-order valence-electron chi connectivity index (χ2n) is 3.82. The highest BCUT2D eigenvalue weighted by molar-refractivity contribution is 5.78. The molecule has 0 aliphatic rings. The lowest BCUT2D eigenvalue weighted by Gasteiger charge is -2.25. The minimum absolute atomic E-state index is 0.642. The number of hydrogen-bond donors (Lipinski definition) is 2. The topological polar surface area (TPSA) is 58.6 Å². The van der Waals surface area contributed by atoms with Gasteiger partial charge >= 0.3 is 5.97 Å². The van der Waals surface area contributed by atoms with Crippen molar-refractivity contribution in [2.75, 3.05) is 19.8 Å². The van der Waals surface area contributed by atoms with Crippen LogP contribution >= 0.6 is 0 Å². The van der Waals surface area contributed by atoms with E-state index in [1.807, 2.05) is 13.8 Å². The van der Waals surface area contributed by atoms with Gasteiger partial charge in [0.1, 0.15) is 5.54 Å². The van der Waals surface area contributed by atoms with Crippen LogP contribution < -0.4 is 5.32 Å². The van der Waals surface area contributed by atoms with Crippen molar-refractivity contribution in [2.45, 2.75) is 45.6 Å². The van der Waals surface area contributed by atoms with E-state index in [-0.39, 0.29) is 0 Å². The zero-order valence-electron chi connectivity index (χ0n) is 10.0. The molecule has 4 heteroatoms. The first-order valence-electron chi connectivity index (χ1n) is 5.63. The summed E-state index contributed by atoms with van der Waals surface area (Å²) in [5.74, 6) is -0.777. The zero-order chi connectivity index (χ0) is 11.7. The number of rotatable bonds is 9. The van der Waals surface area contributed by atoms with E-state index in [4.69, 9.17) is 9.84 Å². The highest BCUT2D eigenvalue weighted by Gasteiger charge is 2.30. The summed E-state index contributed by atoms with van der Waals surface area (Å²) in [6.45, 7) is 7.73. The van der Waals surface area contributed by atoms with Gasteiger partial charge in [-0.3, -0.25) is 4.79 Å². The molecule has 15 heavy (non-hydrogen) atoms. The number of hydrogen-bond acceptors (Lipinski definition) is 3. The molecule has 0 amide bonds. The van der Waals surface area contributed by atoms with Crippen LogP contribution in [0.25, 0.3) is 0 Å². The van der Waals surface area contributed by atoms with E-state index in [9.17, 15) is 4.79 Å². The lowest BCUT2D eigenvalue weighted by molar-refractivity contribution is -0.144. The Bertz CT molecular complexity index is 185.